The van der Waals surface area contributed by atoms with Gasteiger partial charge in [-0.3, -0.25) is 4.57 Å². The second-order valence-electron chi connectivity index (χ2n) is 8.43. The highest BCUT2D eigenvalue weighted by Gasteiger charge is 2.46. The van der Waals surface area contributed by atoms with Crippen LogP contribution in [0, 0.1) is 5.92 Å². The molecule has 2 aromatic heterocycles. The lowest BCUT2D eigenvalue weighted by molar-refractivity contribution is -0.222. The smallest absolute Gasteiger partial charge is 0.226 e. The molecule has 10 heteroatoms. The SMILES string of the molecule is C[C@@H]1[C@H](OC(C)(C)O)[C@@H](CO)O[C@H]1n1cnc2c(NC3CCCC3)nc(Cl)nc21. The quantitative estimate of drug-likeness (QED) is 0.477. The molecule has 2 aromatic rings. The van der Waals surface area contributed by atoms with E-state index in [4.69, 9.17) is 21.1 Å². The van der Waals surface area contributed by atoms with Crippen molar-refractivity contribution >= 4 is 28.6 Å². The Kier molecular flexibility index (Phi) is 5.69. The lowest BCUT2D eigenvalue weighted by Gasteiger charge is -2.28. The second-order valence-corrected chi connectivity index (χ2v) is 8.77. The zero-order valence-corrected chi connectivity index (χ0v) is 17.6. The van der Waals surface area contributed by atoms with Gasteiger partial charge in [-0.2, -0.15) is 9.97 Å². The summed E-state index contributed by atoms with van der Waals surface area (Å²) in [5, 5.41) is 23.4. The first-order valence-corrected chi connectivity index (χ1v) is 10.5. The van der Waals surface area contributed by atoms with E-state index in [0.717, 1.165) is 12.8 Å². The molecule has 0 amide bonds. The molecule has 3 heterocycles. The zero-order chi connectivity index (χ0) is 20.8. The van der Waals surface area contributed by atoms with Gasteiger partial charge in [0, 0.05) is 12.0 Å². The third-order valence-corrected chi connectivity index (χ3v) is 5.79. The molecule has 4 atom stereocenters. The van der Waals surface area contributed by atoms with Crippen molar-refractivity contribution in [1.82, 2.24) is 19.5 Å². The van der Waals surface area contributed by atoms with Gasteiger partial charge in [0.2, 0.25) is 5.28 Å². The highest BCUT2D eigenvalue weighted by molar-refractivity contribution is 6.28. The molecular formula is C19H28ClN5O4. The standard InChI is InChI=1S/C19H28ClN5O4/c1-10-14(29-19(2,3)27)12(8-26)28-17(10)25-9-21-13-15(22-11-6-4-5-7-11)23-18(20)24-16(13)25/h9-12,14,17,26-27H,4-8H2,1-3H3,(H,22,23,24)/t10-,12-,14+,17-/m1/s1. The van der Waals surface area contributed by atoms with Crippen molar-refractivity contribution in [3.05, 3.63) is 11.6 Å². The lowest BCUT2D eigenvalue weighted by atomic mass is 10.0. The van der Waals surface area contributed by atoms with Crippen LogP contribution < -0.4 is 5.32 Å². The molecule has 9 nitrogen and oxygen atoms in total. The van der Waals surface area contributed by atoms with E-state index in [-0.39, 0.29) is 17.8 Å². The third-order valence-electron chi connectivity index (χ3n) is 5.62. The highest BCUT2D eigenvalue weighted by atomic mass is 35.5. The van der Waals surface area contributed by atoms with E-state index in [1.165, 1.54) is 12.8 Å². The van der Waals surface area contributed by atoms with Crippen LogP contribution in [0.5, 0.6) is 0 Å². The van der Waals surface area contributed by atoms with Crippen molar-refractivity contribution in [1.29, 1.82) is 0 Å². The molecule has 160 valence electrons. The number of hydrogen-bond acceptors (Lipinski definition) is 8. The van der Waals surface area contributed by atoms with E-state index in [9.17, 15) is 10.2 Å². The van der Waals surface area contributed by atoms with E-state index in [0.29, 0.717) is 23.0 Å². The van der Waals surface area contributed by atoms with Gasteiger partial charge in [0.25, 0.3) is 0 Å². The van der Waals surface area contributed by atoms with Gasteiger partial charge in [-0.05, 0) is 38.3 Å². The van der Waals surface area contributed by atoms with Crippen LogP contribution >= 0.6 is 11.6 Å². The molecule has 0 unspecified atom stereocenters. The Balaban J connectivity index is 1.66. The highest BCUT2D eigenvalue weighted by Crippen LogP contribution is 2.39. The number of hydrogen-bond donors (Lipinski definition) is 3. The largest absolute Gasteiger partial charge is 0.394 e. The summed E-state index contributed by atoms with van der Waals surface area (Å²) < 4.78 is 13.6. The van der Waals surface area contributed by atoms with E-state index < -0.39 is 24.2 Å². The maximum atomic E-state index is 10.1. The van der Waals surface area contributed by atoms with Crippen LogP contribution in [0.3, 0.4) is 0 Å². The molecule has 1 aliphatic heterocycles. The first-order chi connectivity index (χ1) is 13.8. The predicted molar refractivity (Wildman–Crippen MR) is 108 cm³/mol. The average Bonchev–Trinajstić information content (AvgIpc) is 3.35. The first kappa shape index (κ1) is 20.7. The number of imidazole rings is 1. The van der Waals surface area contributed by atoms with Gasteiger partial charge in [0.1, 0.15) is 12.3 Å². The van der Waals surface area contributed by atoms with Crippen molar-refractivity contribution in [3.63, 3.8) is 0 Å². The van der Waals surface area contributed by atoms with Crippen molar-refractivity contribution < 1.29 is 19.7 Å². The molecule has 1 saturated carbocycles. The summed E-state index contributed by atoms with van der Waals surface area (Å²) >= 11 is 6.21. The van der Waals surface area contributed by atoms with Gasteiger partial charge < -0.3 is 25.0 Å². The molecule has 0 spiro atoms. The number of aliphatic hydroxyl groups excluding tert-OH is 1. The van der Waals surface area contributed by atoms with Crippen molar-refractivity contribution in [3.8, 4) is 0 Å². The zero-order valence-electron chi connectivity index (χ0n) is 16.9. The first-order valence-electron chi connectivity index (χ1n) is 10.1. The number of aliphatic hydroxyl groups is 2. The Morgan fingerprint density at radius 3 is 2.72 bits per heavy atom. The Labute approximate surface area is 174 Å². The molecule has 2 aliphatic rings. The van der Waals surface area contributed by atoms with Crippen LogP contribution in [0.2, 0.25) is 5.28 Å². The summed E-state index contributed by atoms with van der Waals surface area (Å²) in [6.45, 7) is 4.84. The molecule has 1 aliphatic carbocycles. The molecule has 0 bridgehead atoms. The summed E-state index contributed by atoms with van der Waals surface area (Å²) in [6.07, 6.45) is 4.70. The van der Waals surface area contributed by atoms with Gasteiger partial charge in [-0.25, -0.2) is 4.98 Å². The number of nitrogens with one attached hydrogen (secondary N) is 1. The van der Waals surface area contributed by atoms with Crippen LogP contribution in [0.4, 0.5) is 5.82 Å². The minimum absolute atomic E-state index is 0.133. The fraction of sp³-hybridized carbons (Fsp3) is 0.737. The average molecular weight is 426 g/mol. The van der Waals surface area contributed by atoms with Gasteiger partial charge in [0.15, 0.2) is 22.8 Å². The Bertz CT molecular complexity index is 864. The number of anilines is 1. The van der Waals surface area contributed by atoms with E-state index in [1.54, 1.807) is 24.7 Å². The van der Waals surface area contributed by atoms with E-state index >= 15 is 0 Å². The molecule has 3 N–H and O–H groups in total. The van der Waals surface area contributed by atoms with Gasteiger partial charge in [0.05, 0.1) is 19.0 Å². The summed E-state index contributed by atoms with van der Waals surface area (Å²) in [5.41, 5.74) is 1.19. The number of nitrogens with zero attached hydrogens (tertiary/aromatic N) is 4. The lowest BCUT2D eigenvalue weighted by Crippen LogP contribution is -2.39. The van der Waals surface area contributed by atoms with Crippen LogP contribution in [0.1, 0.15) is 52.7 Å². The summed E-state index contributed by atoms with van der Waals surface area (Å²) in [6, 6.07) is 0.360. The summed E-state index contributed by atoms with van der Waals surface area (Å²) in [5.74, 6) is -0.888. The third kappa shape index (κ3) is 4.20. The minimum atomic E-state index is -1.34. The Morgan fingerprint density at radius 1 is 1.34 bits per heavy atom. The summed E-state index contributed by atoms with van der Waals surface area (Å²) in [4.78, 5) is 13.2. The molecule has 0 radical (unpaired) electrons. The number of aromatic nitrogens is 4. The van der Waals surface area contributed by atoms with Crippen LogP contribution in [0.25, 0.3) is 11.2 Å². The maximum Gasteiger partial charge on any atom is 0.226 e. The van der Waals surface area contributed by atoms with Crippen LogP contribution in [-0.2, 0) is 9.47 Å². The number of rotatable bonds is 6. The maximum absolute atomic E-state index is 10.1. The minimum Gasteiger partial charge on any atom is -0.394 e. The molecule has 0 aromatic carbocycles. The van der Waals surface area contributed by atoms with Crippen LogP contribution in [0.15, 0.2) is 6.33 Å². The van der Waals surface area contributed by atoms with E-state index in [2.05, 4.69) is 20.3 Å². The second kappa shape index (κ2) is 7.96. The van der Waals surface area contributed by atoms with Crippen molar-refractivity contribution in [2.75, 3.05) is 11.9 Å². The fourth-order valence-corrected chi connectivity index (χ4v) is 4.47. The van der Waals surface area contributed by atoms with Crippen molar-refractivity contribution in [2.45, 2.75) is 76.7 Å². The number of halogens is 1. The van der Waals surface area contributed by atoms with E-state index in [1.807, 2.05) is 6.92 Å². The topological polar surface area (TPSA) is 115 Å². The van der Waals surface area contributed by atoms with Gasteiger partial charge in [-0.15, -0.1) is 0 Å². The van der Waals surface area contributed by atoms with Crippen molar-refractivity contribution in [2.24, 2.45) is 5.92 Å². The van der Waals surface area contributed by atoms with Gasteiger partial charge >= 0.3 is 0 Å². The van der Waals surface area contributed by atoms with Gasteiger partial charge in [-0.1, -0.05) is 19.8 Å². The molecule has 1 saturated heterocycles. The molecule has 4 rings (SSSR count). The molecule has 29 heavy (non-hydrogen) atoms. The molecule has 2 fully saturated rings. The number of fused-ring (bicyclic) bond motifs is 1. The fourth-order valence-electron chi connectivity index (χ4n) is 4.30. The normalized spacial score (nSPS) is 28.5. The summed E-state index contributed by atoms with van der Waals surface area (Å²) in [7, 11) is 0. The Morgan fingerprint density at radius 2 is 2.07 bits per heavy atom. The Hall–Kier alpha value is -1.52. The van der Waals surface area contributed by atoms with Crippen LogP contribution in [-0.4, -0.2) is 60.4 Å². The predicted octanol–water partition coefficient (Wildman–Crippen LogP) is 2.47. The number of ether oxygens (including phenoxy) is 2. The monoisotopic (exact) mass is 425 g/mol. The molecular weight excluding hydrogens is 398 g/mol.